The fourth-order valence-electron chi connectivity index (χ4n) is 1.99. The van der Waals surface area contributed by atoms with Crippen molar-refractivity contribution in [1.29, 1.82) is 0 Å². The molecule has 0 radical (unpaired) electrons. The lowest BCUT2D eigenvalue weighted by molar-refractivity contribution is -0.139. The van der Waals surface area contributed by atoms with Gasteiger partial charge in [0.15, 0.2) is 0 Å². The predicted molar refractivity (Wildman–Crippen MR) is 61.7 cm³/mol. The van der Waals surface area contributed by atoms with Crippen molar-refractivity contribution in [3.63, 3.8) is 0 Å². The van der Waals surface area contributed by atoms with Crippen LogP contribution < -0.4 is 10.6 Å². The number of aliphatic carboxylic acids is 1. The van der Waals surface area contributed by atoms with Crippen LogP contribution in [0.5, 0.6) is 0 Å². The van der Waals surface area contributed by atoms with Gasteiger partial charge in [-0.1, -0.05) is 6.92 Å². The van der Waals surface area contributed by atoms with E-state index >= 15 is 0 Å². The van der Waals surface area contributed by atoms with Crippen LogP contribution in [0.1, 0.15) is 39.0 Å². The molecule has 98 valence electrons. The van der Waals surface area contributed by atoms with Crippen LogP contribution >= 0.6 is 0 Å². The molecule has 6 heteroatoms. The van der Waals surface area contributed by atoms with Crippen molar-refractivity contribution in [2.45, 2.75) is 50.6 Å². The lowest BCUT2D eigenvalue weighted by atomic mass is 9.75. The van der Waals surface area contributed by atoms with Gasteiger partial charge in [0.25, 0.3) is 0 Å². The van der Waals surface area contributed by atoms with Crippen LogP contribution in [0, 0.1) is 0 Å². The third kappa shape index (κ3) is 3.59. The van der Waals surface area contributed by atoms with E-state index < -0.39 is 18.0 Å². The van der Waals surface area contributed by atoms with Gasteiger partial charge in [-0.25, -0.2) is 9.59 Å². The maximum absolute atomic E-state index is 11.6. The highest BCUT2D eigenvalue weighted by Crippen LogP contribution is 2.34. The average Bonchev–Trinajstić information content (AvgIpc) is 2.22. The van der Waals surface area contributed by atoms with Crippen molar-refractivity contribution in [2.75, 3.05) is 6.61 Å². The zero-order chi connectivity index (χ0) is 12.9. The molecule has 0 aromatic carbocycles. The van der Waals surface area contributed by atoms with Crippen LogP contribution in [0.2, 0.25) is 0 Å². The summed E-state index contributed by atoms with van der Waals surface area (Å²) >= 11 is 0. The number of carbonyl (C=O) groups excluding carboxylic acids is 1. The van der Waals surface area contributed by atoms with Gasteiger partial charge in [-0.05, 0) is 25.7 Å². The highest BCUT2D eigenvalue weighted by Gasteiger charge is 2.37. The number of hydrogen-bond donors (Lipinski definition) is 4. The third-order valence-electron chi connectivity index (χ3n) is 3.39. The Balaban J connectivity index is 2.44. The molecule has 0 bridgehead atoms. The number of aliphatic hydroxyl groups is 1. The van der Waals surface area contributed by atoms with E-state index in [0.29, 0.717) is 0 Å². The predicted octanol–water partition coefficient (Wildman–Crippen LogP) is 0.454. The molecule has 0 spiro atoms. The summed E-state index contributed by atoms with van der Waals surface area (Å²) in [7, 11) is 0. The Bertz CT molecular complexity index is 284. The van der Waals surface area contributed by atoms with E-state index in [1.54, 1.807) is 0 Å². The van der Waals surface area contributed by atoms with Gasteiger partial charge in [-0.2, -0.15) is 0 Å². The SMILES string of the molecule is CCC1(NC(=O)NC(CCO)C(=O)O)CCC1. The fraction of sp³-hybridized carbons (Fsp3) is 0.818. The van der Waals surface area contributed by atoms with Crippen molar-refractivity contribution >= 4 is 12.0 Å². The highest BCUT2D eigenvalue weighted by molar-refractivity contribution is 5.82. The van der Waals surface area contributed by atoms with E-state index in [9.17, 15) is 9.59 Å². The van der Waals surface area contributed by atoms with Crippen molar-refractivity contribution in [3.05, 3.63) is 0 Å². The molecule has 0 saturated heterocycles. The van der Waals surface area contributed by atoms with Crippen LogP contribution in [0.25, 0.3) is 0 Å². The summed E-state index contributed by atoms with van der Waals surface area (Å²) < 4.78 is 0. The van der Waals surface area contributed by atoms with Gasteiger partial charge in [-0.3, -0.25) is 0 Å². The van der Waals surface area contributed by atoms with Gasteiger partial charge in [0, 0.05) is 18.6 Å². The van der Waals surface area contributed by atoms with Crippen molar-refractivity contribution < 1.29 is 19.8 Å². The molecule has 1 aliphatic carbocycles. The lowest BCUT2D eigenvalue weighted by Gasteiger charge is -2.42. The van der Waals surface area contributed by atoms with E-state index in [1.807, 2.05) is 6.92 Å². The maximum Gasteiger partial charge on any atom is 0.326 e. The zero-order valence-electron chi connectivity index (χ0n) is 10.0. The number of carboxylic acids is 1. The Labute approximate surface area is 100 Å². The first kappa shape index (κ1) is 13.8. The molecule has 1 atom stereocenters. The molecule has 1 aliphatic rings. The van der Waals surface area contributed by atoms with E-state index in [4.69, 9.17) is 10.2 Å². The monoisotopic (exact) mass is 244 g/mol. The number of urea groups is 1. The van der Waals surface area contributed by atoms with Crippen LogP contribution in [-0.4, -0.2) is 40.4 Å². The molecule has 0 aromatic rings. The van der Waals surface area contributed by atoms with Crippen molar-refractivity contribution in [3.8, 4) is 0 Å². The lowest BCUT2D eigenvalue weighted by Crippen LogP contribution is -2.58. The van der Waals surface area contributed by atoms with E-state index in [2.05, 4.69) is 10.6 Å². The van der Waals surface area contributed by atoms with Crippen LogP contribution in [0.4, 0.5) is 4.79 Å². The summed E-state index contributed by atoms with van der Waals surface area (Å²) in [6, 6.07) is -1.50. The summed E-state index contributed by atoms with van der Waals surface area (Å²) in [5, 5.41) is 22.7. The molecule has 1 unspecified atom stereocenters. The minimum Gasteiger partial charge on any atom is -0.480 e. The summed E-state index contributed by atoms with van der Waals surface area (Å²) in [5.41, 5.74) is -0.160. The quantitative estimate of drug-likeness (QED) is 0.545. The molecule has 0 aromatic heterocycles. The summed E-state index contributed by atoms with van der Waals surface area (Å²) in [6.45, 7) is 1.73. The molecule has 0 heterocycles. The van der Waals surface area contributed by atoms with E-state index in [1.165, 1.54) is 0 Å². The largest absolute Gasteiger partial charge is 0.480 e. The molecular weight excluding hydrogens is 224 g/mol. The number of rotatable bonds is 6. The average molecular weight is 244 g/mol. The Morgan fingerprint density at radius 2 is 2.06 bits per heavy atom. The standard InChI is InChI=1S/C11H20N2O4/c1-2-11(5-3-6-11)13-10(17)12-8(4-7-14)9(15)16/h8,14H,2-7H2,1H3,(H,15,16)(H2,12,13,17). The van der Waals surface area contributed by atoms with E-state index in [-0.39, 0.29) is 18.6 Å². The molecule has 6 nitrogen and oxygen atoms in total. The molecule has 4 N–H and O–H groups in total. The maximum atomic E-state index is 11.6. The molecule has 17 heavy (non-hydrogen) atoms. The Morgan fingerprint density at radius 1 is 1.41 bits per heavy atom. The Morgan fingerprint density at radius 3 is 2.41 bits per heavy atom. The second-order valence-corrected chi connectivity index (χ2v) is 4.49. The Hall–Kier alpha value is -1.30. The number of carbonyl (C=O) groups is 2. The highest BCUT2D eigenvalue weighted by atomic mass is 16.4. The molecule has 1 fully saturated rings. The minimum atomic E-state index is -1.13. The summed E-state index contributed by atoms with van der Waals surface area (Å²) in [6.07, 6.45) is 3.83. The first-order chi connectivity index (χ1) is 8.03. The van der Waals surface area contributed by atoms with Gasteiger partial charge < -0.3 is 20.8 Å². The van der Waals surface area contributed by atoms with Crippen LogP contribution in [-0.2, 0) is 4.79 Å². The molecular formula is C11H20N2O4. The topological polar surface area (TPSA) is 98.7 Å². The zero-order valence-corrected chi connectivity index (χ0v) is 10.0. The summed E-state index contributed by atoms with van der Waals surface area (Å²) in [5.74, 6) is -1.13. The number of amides is 2. The minimum absolute atomic E-state index is 0.0158. The Kier molecular flexibility index (Phi) is 4.74. The molecule has 1 saturated carbocycles. The number of aliphatic hydroxyl groups excluding tert-OH is 1. The third-order valence-corrected chi connectivity index (χ3v) is 3.39. The smallest absolute Gasteiger partial charge is 0.326 e. The normalized spacial score (nSPS) is 18.9. The van der Waals surface area contributed by atoms with Crippen LogP contribution in [0.15, 0.2) is 0 Å². The van der Waals surface area contributed by atoms with E-state index in [0.717, 1.165) is 25.7 Å². The van der Waals surface area contributed by atoms with Gasteiger partial charge in [-0.15, -0.1) is 0 Å². The van der Waals surface area contributed by atoms with Crippen molar-refractivity contribution in [2.24, 2.45) is 0 Å². The van der Waals surface area contributed by atoms with Gasteiger partial charge in [0.05, 0.1) is 0 Å². The van der Waals surface area contributed by atoms with Gasteiger partial charge >= 0.3 is 12.0 Å². The summed E-state index contributed by atoms with van der Waals surface area (Å²) in [4.78, 5) is 22.4. The first-order valence-electron chi connectivity index (χ1n) is 5.95. The molecule has 2 amide bonds. The van der Waals surface area contributed by atoms with Crippen LogP contribution in [0.3, 0.4) is 0 Å². The second kappa shape index (κ2) is 5.86. The number of carboxylic acid groups (broad SMARTS) is 1. The van der Waals surface area contributed by atoms with Crippen molar-refractivity contribution in [1.82, 2.24) is 10.6 Å². The molecule has 0 aliphatic heterocycles. The van der Waals surface area contributed by atoms with Gasteiger partial charge in [0.2, 0.25) is 0 Å². The van der Waals surface area contributed by atoms with Gasteiger partial charge in [0.1, 0.15) is 6.04 Å². The number of hydrogen-bond acceptors (Lipinski definition) is 3. The molecule has 1 rings (SSSR count). The second-order valence-electron chi connectivity index (χ2n) is 4.49. The number of nitrogens with one attached hydrogen (secondary N) is 2. The fourth-order valence-corrected chi connectivity index (χ4v) is 1.99. The first-order valence-corrected chi connectivity index (χ1v) is 5.95.